The lowest BCUT2D eigenvalue weighted by Gasteiger charge is -2.13. The van der Waals surface area contributed by atoms with Crippen molar-refractivity contribution in [2.24, 2.45) is 0 Å². The summed E-state index contributed by atoms with van der Waals surface area (Å²) < 4.78 is 18.4. The lowest BCUT2D eigenvalue weighted by Crippen LogP contribution is -2.39. The molecule has 0 radical (unpaired) electrons. The lowest BCUT2D eigenvalue weighted by atomic mass is 10.1. The maximum Gasteiger partial charge on any atom is 0.332 e. The van der Waals surface area contributed by atoms with E-state index in [2.05, 4.69) is 4.98 Å². The summed E-state index contributed by atoms with van der Waals surface area (Å²) in [6, 6.07) is 5.70. The van der Waals surface area contributed by atoms with Gasteiger partial charge < -0.3 is 5.11 Å². The Morgan fingerprint density at radius 2 is 1.59 bits per heavy atom. The summed E-state index contributed by atoms with van der Waals surface area (Å²) in [6.07, 6.45) is 0.884. The standard InChI is InChI=1S/C22H24FN5O4/c1-4-7-15-18(29)27(12-13-8-10-14(23)11-9-13)21-24-17-16(28(21)19(15)30)20(31)26(6-3)22(32)25(17)5-2/h8-11,30H,4-7,12H2,1-3H3. The Morgan fingerprint density at radius 3 is 2.19 bits per heavy atom. The normalized spacial score (nSPS) is 11.6. The molecule has 0 unspecified atom stereocenters. The molecule has 0 spiro atoms. The van der Waals surface area contributed by atoms with E-state index in [1.165, 1.54) is 25.7 Å². The van der Waals surface area contributed by atoms with Crippen LogP contribution in [0.4, 0.5) is 4.39 Å². The lowest BCUT2D eigenvalue weighted by molar-refractivity contribution is 0.433. The minimum atomic E-state index is -0.588. The van der Waals surface area contributed by atoms with Crippen LogP contribution in [-0.2, 0) is 26.1 Å². The van der Waals surface area contributed by atoms with Gasteiger partial charge in [0.25, 0.3) is 11.1 Å². The van der Waals surface area contributed by atoms with Crippen LogP contribution < -0.4 is 16.8 Å². The van der Waals surface area contributed by atoms with Crippen LogP contribution in [0.3, 0.4) is 0 Å². The molecule has 0 saturated carbocycles. The van der Waals surface area contributed by atoms with E-state index in [9.17, 15) is 23.9 Å². The topological polar surface area (TPSA) is 104 Å². The highest BCUT2D eigenvalue weighted by Crippen LogP contribution is 2.23. The molecule has 0 aliphatic rings. The second kappa shape index (κ2) is 8.10. The molecule has 168 valence electrons. The fourth-order valence-corrected chi connectivity index (χ4v) is 4.04. The highest BCUT2D eigenvalue weighted by Gasteiger charge is 2.24. The summed E-state index contributed by atoms with van der Waals surface area (Å²) in [6.45, 7) is 5.77. The van der Waals surface area contributed by atoms with Gasteiger partial charge in [0.1, 0.15) is 5.82 Å². The SMILES string of the molecule is CCCc1c(O)n2c3c(=O)n(CC)c(=O)n(CC)c3nc2n(Cc2ccc(F)cc2)c1=O. The third kappa shape index (κ3) is 3.14. The van der Waals surface area contributed by atoms with Crippen LogP contribution in [0.5, 0.6) is 5.88 Å². The zero-order chi connectivity index (χ0) is 23.2. The quantitative estimate of drug-likeness (QED) is 0.492. The van der Waals surface area contributed by atoms with Crippen molar-refractivity contribution in [2.45, 2.75) is 53.2 Å². The van der Waals surface area contributed by atoms with Gasteiger partial charge in [-0.2, -0.15) is 4.98 Å². The van der Waals surface area contributed by atoms with Crippen LogP contribution in [0.1, 0.15) is 38.3 Å². The fourth-order valence-electron chi connectivity index (χ4n) is 4.04. The zero-order valence-corrected chi connectivity index (χ0v) is 18.1. The summed E-state index contributed by atoms with van der Waals surface area (Å²) in [7, 11) is 0. The van der Waals surface area contributed by atoms with Gasteiger partial charge in [0.2, 0.25) is 11.7 Å². The Bertz CT molecular complexity index is 1510. The fraction of sp³-hybridized carbons (Fsp3) is 0.364. The van der Waals surface area contributed by atoms with E-state index in [1.54, 1.807) is 26.0 Å². The molecule has 10 heteroatoms. The molecule has 0 aliphatic carbocycles. The summed E-state index contributed by atoms with van der Waals surface area (Å²) in [4.78, 5) is 43.7. The van der Waals surface area contributed by atoms with Crippen molar-refractivity contribution in [3.05, 3.63) is 72.4 Å². The highest BCUT2D eigenvalue weighted by atomic mass is 19.1. The summed E-state index contributed by atoms with van der Waals surface area (Å²) in [5, 5.41) is 11.0. The number of hydrogen-bond donors (Lipinski definition) is 1. The van der Waals surface area contributed by atoms with Crippen LogP contribution in [0.25, 0.3) is 16.9 Å². The number of aromatic hydroxyl groups is 1. The molecule has 0 saturated heterocycles. The number of aromatic nitrogens is 5. The van der Waals surface area contributed by atoms with Gasteiger partial charge in [-0.15, -0.1) is 0 Å². The smallest absolute Gasteiger partial charge is 0.332 e. The number of halogens is 1. The Balaban J connectivity index is 2.19. The molecule has 9 nitrogen and oxygen atoms in total. The zero-order valence-electron chi connectivity index (χ0n) is 18.1. The van der Waals surface area contributed by atoms with Crippen molar-refractivity contribution in [1.29, 1.82) is 0 Å². The predicted octanol–water partition coefficient (Wildman–Crippen LogP) is 1.86. The third-order valence-electron chi connectivity index (χ3n) is 5.62. The number of benzene rings is 1. The van der Waals surface area contributed by atoms with Gasteiger partial charge in [-0.05, 0) is 38.0 Å². The van der Waals surface area contributed by atoms with E-state index in [0.717, 1.165) is 4.57 Å². The Labute approximate surface area is 181 Å². The molecule has 32 heavy (non-hydrogen) atoms. The van der Waals surface area contributed by atoms with E-state index in [1.807, 2.05) is 6.92 Å². The number of imidazole rings is 1. The Morgan fingerprint density at radius 1 is 0.938 bits per heavy atom. The maximum atomic E-state index is 13.4. The molecular formula is C22H24FN5O4. The molecule has 3 aromatic heterocycles. The highest BCUT2D eigenvalue weighted by molar-refractivity contribution is 5.76. The van der Waals surface area contributed by atoms with E-state index in [0.29, 0.717) is 18.4 Å². The average molecular weight is 441 g/mol. The third-order valence-corrected chi connectivity index (χ3v) is 5.62. The number of fused-ring (bicyclic) bond motifs is 3. The Hall–Kier alpha value is -3.69. The van der Waals surface area contributed by atoms with Crippen LogP contribution >= 0.6 is 0 Å². The summed E-state index contributed by atoms with van der Waals surface area (Å²) in [5.74, 6) is -0.716. The van der Waals surface area contributed by atoms with Gasteiger partial charge >= 0.3 is 5.69 Å². The number of nitrogens with zero attached hydrogens (tertiary/aromatic N) is 5. The maximum absolute atomic E-state index is 13.4. The van der Waals surface area contributed by atoms with Crippen LogP contribution in [0, 0.1) is 5.82 Å². The predicted molar refractivity (Wildman–Crippen MR) is 118 cm³/mol. The molecule has 1 N–H and O–H groups in total. The van der Waals surface area contributed by atoms with Crippen molar-refractivity contribution in [3.8, 4) is 5.88 Å². The summed E-state index contributed by atoms with van der Waals surface area (Å²) >= 11 is 0. The molecule has 1 aromatic carbocycles. The number of hydrogen-bond acceptors (Lipinski definition) is 5. The van der Waals surface area contributed by atoms with E-state index in [-0.39, 0.29) is 48.0 Å². The van der Waals surface area contributed by atoms with E-state index >= 15 is 0 Å². The van der Waals surface area contributed by atoms with Gasteiger partial charge in [-0.25, -0.2) is 13.6 Å². The van der Waals surface area contributed by atoms with E-state index in [4.69, 9.17) is 0 Å². The van der Waals surface area contributed by atoms with Crippen LogP contribution in [0.2, 0.25) is 0 Å². The second-order valence-corrected chi connectivity index (χ2v) is 7.57. The Kier molecular flexibility index (Phi) is 5.45. The number of aryl methyl sites for hydroxylation is 1. The first kappa shape index (κ1) is 21.5. The average Bonchev–Trinajstić information content (AvgIpc) is 3.17. The minimum absolute atomic E-state index is 0.0333. The van der Waals surface area contributed by atoms with E-state index < -0.39 is 22.6 Å². The molecule has 0 aliphatic heterocycles. The van der Waals surface area contributed by atoms with Crippen molar-refractivity contribution >= 4 is 16.9 Å². The monoisotopic (exact) mass is 441 g/mol. The molecule has 3 heterocycles. The van der Waals surface area contributed by atoms with Gasteiger partial charge in [-0.1, -0.05) is 25.5 Å². The van der Waals surface area contributed by atoms with Crippen molar-refractivity contribution in [3.63, 3.8) is 0 Å². The van der Waals surface area contributed by atoms with Crippen molar-refractivity contribution in [1.82, 2.24) is 23.1 Å². The minimum Gasteiger partial charge on any atom is -0.494 e. The largest absolute Gasteiger partial charge is 0.494 e. The molecular weight excluding hydrogens is 417 g/mol. The second-order valence-electron chi connectivity index (χ2n) is 7.57. The van der Waals surface area contributed by atoms with Crippen LogP contribution in [-0.4, -0.2) is 28.2 Å². The molecule has 0 bridgehead atoms. The van der Waals surface area contributed by atoms with Gasteiger partial charge in [0, 0.05) is 13.1 Å². The molecule has 0 amide bonds. The van der Waals surface area contributed by atoms with Gasteiger partial charge in [-0.3, -0.25) is 23.3 Å². The first-order valence-corrected chi connectivity index (χ1v) is 10.6. The van der Waals surface area contributed by atoms with Gasteiger partial charge in [0.15, 0.2) is 11.2 Å². The first-order chi connectivity index (χ1) is 15.3. The molecule has 0 fully saturated rings. The summed E-state index contributed by atoms with van der Waals surface area (Å²) in [5.41, 5.74) is -0.606. The van der Waals surface area contributed by atoms with Gasteiger partial charge in [0.05, 0.1) is 12.1 Å². The molecule has 4 aromatic rings. The number of rotatable bonds is 6. The van der Waals surface area contributed by atoms with Crippen molar-refractivity contribution in [2.75, 3.05) is 0 Å². The molecule has 0 atom stereocenters. The molecule has 4 rings (SSSR count). The van der Waals surface area contributed by atoms with Crippen molar-refractivity contribution < 1.29 is 9.50 Å². The first-order valence-electron chi connectivity index (χ1n) is 10.6. The van der Waals surface area contributed by atoms with Crippen LogP contribution in [0.15, 0.2) is 38.6 Å².